The number of nitriles is 2. The number of aryl methyl sites for hydroxylation is 1. The van der Waals surface area contributed by atoms with Gasteiger partial charge in [0.2, 0.25) is 0 Å². The zero-order chi connectivity index (χ0) is 23.2. The van der Waals surface area contributed by atoms with Crippen LogP contribution in [-0.4, -0.2) is 42.7 Å². The molecule has 1 aliphatic heterocycles. The maximum atomic E-state index is 9.62. The van der Waals surface area contributed by atoms with Crippen molar-refractivity contribution in [3.8, 4) is 17.9 Å². The predicted octanol–water partition coefficient (Wildman–Crippen LogP) is 4.09. The Labute approximate surface area is 195 Å². The Balaban J connectivity index is 1.33. The molecular weight excluding hydrogens is 410 g/mol. The third-order valence-corrected chi connectivity index (χ3v) is 6.59. The number of fused-ring (bicyclic) bond motifs is 1. The van der Waals surface area contributed by atoms with Crippen molar-refractivity contribution in [1.82, 2.24) is 15.2 Å². The smallest absolute Gasteiger partial charge is 0.119 e. The first-order valence-corrected chi connectivity index (χ1v) is 11.4. The number of hydrogen-bond acceptors (Lipinski definition) is 6. The molecule has 6 nitrogen and oxygen atoms in total. The molecule has 1 fully saturated rings. The minimum Gasteiger partial charge on any atom is -0.497 e. The number of pyridine rings is 1. The summed E-state index contributed by atoms with van der Waals surface area (Å²) in [5.41, 5.74) is 5.51. The van der Waals surface area contributed by atoms with Crippen molar-refractivity contribution < 1.29 is 4.74 Å². The molecule has 6 heteroatoms. The van der Waals surface area contributed by atoms with Gasteiger partial charge in [-0.25, -0.2) is 0 Å². The van der Waals surface area contributed by atoms with Crippen molar-refractivity contribution in [3.63, 3.8) is 0 Å². The van der Waals surface area contributed by atoms with Gasteiger partial charge in [-0.3, -0.25) is 4.98 Å². The fraction of sp³-hybridized carbons (Fsp3) is 0.370. The van der Waals surface area contributed by atoms with E-state index in [0.717, 1.165) is 84.3 Å². The van der Waals surface area contributed by atoms with Gasteiger partial charge in [0.15, 0.2) is 0 Å². The molecule has 1 aromatic heterocycles. The van der Waals surface area contributed by atoms with E-state index in [-0.39, 0.29) is 0 Å². The van der Waals surface area contributed by atoms with E-state index in [1.807, 2.05) is 37.3 Å². The summed E-state index contributed by atoms with van der Waals surface area (Å²) in [6.07, 6.45) is 4.68. The molecule has 1 N–H and O–H groups in total. The largest absolute Gasteiger partial charge is 0.497 e. The highest BCUT2D eigenvalue weighted by molar-refractivity contribution is 5.85. The molecule has 33 heavy (non-hydrogen) atoms. The lowest BCUT2D eigenvalue weighted by atomic mass is 9.99. The third kappa shape index (κ3) is 5.31. The van der Waals surface area contributed by atoms with Gasteiger partial charge in [-0.15, -0.1) is 0 Å². The third-order valence-electron chi connectivity index (χ3n) is 6.59. The molecule has 0 saturated carbocycles. The minimum absolute atomic E-state index is 0.480. The zero-order valence-electron chi connectivity index (χ0n) is 19.3. The van der Waals surface area contributed by atoms with E-state index in [4.69, 9.17) is 4.74 Å². The van der Waals surface area contributed by atoms with Crippen LogP contribution in [-0.2, 0) is 13.0 Å². The lowest BCUT2D eigenvalue weighted by Crippen LogP contribution is -2.42. The minimum atomic E-state index is 0.480. The molecule has 3 aromatic rings. The molecular formula is C27H29N5O. The van der Waals surface area contributed by atoms with Crippen molar-refractivity contribution in [3.05, 3.63) is 70.4 Å². The fourth-order valence-electron chi connectivity index (χ4n) is 4.51. The van der Waals surface area contributed by atoms with Crippen LogP contribution in [0, 0.1) is 29.6 Å². The van der Waals surface area contributed by atoms with Gasteiger partial charge in [0.25, 0.3) is 0 Å². The average molecular weight is 440 g/mol. The molecule has 0 bridgehead atoms. The second-order valence-corrected chi connectivity index (χ2v) is 8.65. The van der Waals surface area contributed by atoms with Gasteiger partial charge < -0.3 is 15.0 Å². The van der Waals surface area contributed by atoms with Crippen molar-refractivity contribution in [1.29, 1.82) is 10.5 Å². The van der Waals surface area contributed by atoms with E-state index < -0.39 is 0 Å². The van der Waals surface area contributed by atoms with Gasteiger partial charge >= 0.3 is 0 Å². The van der Waals surface area contributed by atoms with Gasteiger partial charge in [0, 0.05) is 30.7 Å². The second-order valence-electron chi connectivity index (χ2n) is 8.65. The van der Waals surface area contributed by atoms with Crippen LogP contribution < -0.4 is 10.1 Å². The Morgan fingerprint density at radius 1 is 1.09 bits per heavy atom. The number of aromatic nitrogens is 1. The van der Waals surface area contributed by atoms with Crippen molar-refractivity contribution >= 4 is 10.9 Å². The topological polar surface area (TPSA) is 85.0 Å². The molecule has 4 rings (SSSR count). The standard InChI is InChI=1S/C27H29N5O/c1-19-3-4-20(13-21(19)15-28)17-30-23-7-10-32(11-8-23)12-9-25-22(16-29)18-31-27-6-5-24(33-2)14-26(25)27/h3-6,13-14,18,23,30H,7-12,17H2,1-2H3. The predicted molar refractivity (Wildman–Crippen MR) is 129 cm³/mol. The van der Waals surface area contributed by atoms with Crippen LogP contribution in [0.3, 0.4) is 0 Å². The number of nitrogens with one attached hydrogen (secondary N) is 1. The highest BCUT2D eigenvalue weighted by Gasteiger charge is 2.20. The SMILES string of the molecule is COc1ccc2ncc(C#N)c(CCN3CCC(NCc4ccc(C)c(C#N)c4)CC3)c2c1. The number of hydrogen-bond donors (Lipinski definition) is 1. The van der Waals surface area contributed by atoms with Gasteiger partial charge in [-0.1, -0.05) is 12.1 Å². The Morgan fingerprint density at radius 2 is 1.88 bits per heavy atom. The first-order valence-electron chi connectivity index (χ1n) is 11.4. The van der Waals surface area contributed by atoms with Crippen molar-refractivity contribution in [2.75, 3.05) is 26.7 Å². The van der Waals surface area contributed by atoms with Crippen LogP contribution in [0.4, 0.5) is 0 Å². The molecule has 0 atom stereocenters. The number of ether oxygens (including phenoxy) is 1. The van der Waals surface area contributed by atoms with Crippen LogP contribution in [0.15, 0.2) is 42.6 Å². The lowest BCUT2D eigenvalue weighted by Gasteiger charge is -2.32. The maximum Gasteiger partial charge on any atom is 0.119 e. The Kier molecular flexibility index (Phi) is 7.19. The summed E-state index contributed by atoms with van der Waals surface area (Å²) in [6.45, 7) is 5.74. The summed E-state index contributed by atoms with van der Waals surface area (Å²) in [6, 6.07) is 17.0. The zero-order valence-corrected chi connectivity index (χ0v) is 19.3. The summed E-state index contributed by atoms with van der Waals surface area (Å²) in [4.78, 5) is 6.91. The van der Waals surface area contributed by atoms with Gasteiger partial charge in [-0.2, -0.15) is 10.5 Å². The molecule has 1 aliphatic rings. The number of nitrogens with zero attached hydrogens (tertiary/aromatic N) is 4. The number of rotatable bonds is 7. The van der Waals surface area contributed by atoms with E-state index in [2.05, 4.69) is 33.4 Å². The number of likely N-dealkylation sites (tertiary alicyclic amines) is 1. The van der Waals surface area contributed by atoms with E-state index in [0.29, 0.717) is 11.6 Å². The molecule has 0 amide bonds. The van der Waals surface area contributed by atoms with Gasteiger partial charge in [0.05, 0.1) is 29.8 Å². The summed E-state index contributed by atoms with van der Waals surface area (Å²) >= 11 is 0. The molecule has 0 radical (unpaired) electrons. The van der Waals surface area contributed by atoms with Crippen LogP contribution >= 0.6 is 0 Å². The Bertz CT molecular complexity index is 1220. The maximum absolute atomic E-state index is 9.62. The Hall–Kier alpha value is -3.45. The highest BCUT2D eigenvalue weighted by atomic mass is 16.5. The van der Waals surface area contributed by atoms with Crippen molar-refractivity contribution in [2.24, 2.45) is 0 Å². The molecule has 0 unspecified atom stereocenters. The quantitative estimate of drug-likeness (QED) is 0.597. The first-order chi connectivity index (χ1) is 16.1. The fourth-order valence-corrected chi connectivity index (χ4v) is 4.51. The van der Waals surface area contributed by atoms with Crippen LogP contribution in [0.2, 0.25) is 0 Å². The summed E-state index contributed by atoms with van der Waals surface area (Å²) < 4.78 is 5.39. The van der Waals surface area contributed by atoms with Crippen LogP contribution in [0.25, 0.3) is 10.9 Å². The number of benzene rings is 2. The summed E-state index contributed by atoms with van der Waals surface area (Å²) in [7, 11) is 1.65. The van der Waals surface area contributed by atoms with E-state index >= 15 is 0 Å². The Morgan fingerprint density at radius 3 is 2.61 bits per heavy atom. The average Bonchev–Trinajstić information content (AvgIpc) is 2.86. The number of piperidine rings is 1. The first kappa shape index (κ1) is 22.7. The van der Waals surface area contributed by atoms with Crippen LogP contribution in [0.1, 0.15) is 40.7 Å². The molecule has 2 aromatic carbocycles. The normalized spacial score (nSPS) is 14.7. The molecule has 0 aliphatic carbocycles. The monoisotopic (exact) mass is 439 g/mol. The number of methoxy groups -OCH3 is 1. The summed E-state index contributed by atoms with van der Waals surface area (Å²) in [5, 5.41) is 23.5. The lowest BCUT2D eigenvalue weighted by molar-refractivity contribution is 0.199. The van der Waals surface area contributed by atoms with Gasteiger partial charge in [0.1, 0.15) is 11.8 Å². The van der Waals surface area contributed by atoms with Crippen LogP contribution in [0.5, 0.6) is 5.75 Å². The second kappa shape index (κ2) is 10.4. The molecule has 1 saturated heterocycles. The molecule has 168 valence electrons. The molecule has 2 heterocycles. The van der Waals surface area contributed by atoms with Crippen molar-refractivity contribution in [2.45, 2.75) is 38.8 Å². The van der Waals surface area contributed by atoms with E-state index in [1.54, 1.807) is 13.3 Å². The van der Waals surface area contributed by atoms with E-state index in [9.17, 15) is 10.5 Å². The van der Waals surface area contributed by atoms with Gasteiger partial charge in [-0.05, 0) is 80.2 Å². The molecule has 0 spiro atoms. The summed E-state index contributed by atoms with van der Waals surface area (Å²) in [5.74, 6) is 0.781. The highest BCUT2D eigenvalue weighted by Crippen LogP contribution is 2.26. The van der Waals surface area contributed by atoms with E-state index in [1.165, 1.54) is 0 Å².